The van der Waals surface area contributed by atoms with Crippen LogP contribution in [0.1, 0.15) is 17.2 Å². The SMILES string of the molecule is COc1ccc(C(N)CSc2ccc(Cl)cc2)c(C)c1. The standard InChI is InChI=1S/C16H18ClNOS/c1-11-9-13(19-2)5-8-15(11)16(18)10-20-14-6-3-12(17)4-7-14/h3-9,16H,10,18H2,1-2H3. The van der Waals surface area contributed by atoms with Crippen LogP contribution >= 0.6 is 23.4 Å². The van der Waals surface area contributed by atoms with Crippen molar-refractivity contribution >= 4 is 23.4 Å². The van der Waals surface area contributed by atoms with E-state index in [0.29, 0.717) is 0 Å². The summed E-state index contributed by atoms with van der Waals surface area (Å²) < 4.78 is 5.21. The summed E-state index contributed by atoms with van der Waals surface area (Å²) in [6.07, 6.45) is 0. The molecule has 0 bridgehead atoms. The first kappa shape index (κ1) is 15.2. The lowest BCUT2D eigenvalue weighted by Crippen LogP contribution is -2.14. The maximum absolute atomic E-state index is 6.28. The van der Waals surface area contributed by atoms with Gasteiger partial charge in [0.05, 0.1) is 7.11 Å². The Balaban J connectivity index is 2.01. The third-order valence-corrected chi connectivity index (χ3v) is 4.50. The molecule has 0 aliphatic heterocycles. The molecule has 0 amide bonds. The summed E-state index contributed by atoms with van der Waals surface area (Å²) in [4.78, 5) is 1.18. The molecule has 1 unspecified atom stereocenters. The summed E-state index contributed by atoms with van der Waals surface area (Å²) >= 11 is 7.61. The number of benzene rings is 2. The molecule has 0 saturated heterocycles. The molecule has 2 aromatic rings. The van der Waals surface area contributed by atoms with Crippen molar-refractivity contribution in [1.82, 2.24) is 0 Å². The predicted molar refractivity (Wildman–Crippen MR) is 86.8 cm³/mol. The Labute approximate surface area is 129 Å². The summed E-state index contributed by atoms with van der Waals surface area (Å²) in [6, 6.07) is 13.8. The Bertz CT molecular complexity index is 571. The fraction of sp³-hybridized carbons (Fsp3) is 0.250. The Kier molecular flexibility index (Phi) is 5.35. The highest BCUT2D eigenvalue weighted by molar-refractivity contribution is 7.99. The van der Waals surface area contributed by atoms with Crippen molar-refractivity contribution in [2.24, 2.45) is 5.73 Å². The van der Waals surface area contributed by atoms with E-state index in [9.17, 15) is 0 Å². The average molecular weight is 308 g/mol. The van der Waals surface area contributed by atoms with Gasteiger partial charge in [0, 0.05) is 21.7 Å². The first-order chi connectivity index (χ1) is 9.60. The first-order valence-corrected chi connectivity index (χ1v) is 7.75. The molecule has 0 heterocycles. The molecule has 0 spiro atoms. The van der Waals surface area contributed by atoms with Crippen LogP contribution in [-0.4, -0.2) is 12.9 Å². The van der Waals surface area contributed by atoms with Crippen molar-refractivity contribution in [3.63, 3.8) is 0 Å². The molecule has 2 N–H and O–H groups in total. The Morgan fingerprint density at radius 1 is 1.20 bits per heavy atom. The molecular formula is C16H18ClNOS. The van der Waals surface area contributed by atoms with E-state index in [0.717, 1.165) is 27.7 Å². The molecule has 0 fully saturated rings. The Morgan fingerprint density at radius 2 is 1.90 bits per heavy atom. The molecular weight excluding hydrogens is 290 g/mol. The van der Waals surface area contributed by atoms with Crippen LogP contribution in [0.15, 0.2) is 47.4 Å². The normalized spacial score (nSPS) is 12.2. The van der Waals surface area contributed by atoms with Crippen LogP contribution in [0.5, 0.6) is 5.75 Å². The average Bonchev–Trinajstić information content (AvgIpc) is 2.46. The van der Waals surface area contributed by atoms with Gasteiger partial charge in [0.15, 0.2) is 0 Å². The lowest BCUT2D eigenvalue weighted by Gasteiger charge is -2.15. The van der Waals surface area contributed by atoms with Crippen LogP contribution in [0.4, 0.5) is 0 Å². The number of aryl methyl sites for hydroxylation is 1. The van der Waals surface area contributed by atoms with Crippen LogP contribution in [0.25, 0.3) is 0 Å². The van der Waals surface area contributed by atoms with Crippen LogP contribution in [0.3, 0.4) is 0 Å². The molecule has 0 radical (unpaired) electrons. The molecule has 0 aliphatic rings. The van der Waals surface area contributed by atoms with Crippen LogP contribution in [-0.2, 0) is 0 Å². The summed E-state index contributed by atoms with van der Waals surface area (Å²) in [5.41, 5.74) is 8.60. The molecule has 0 saturated carbocycles. The van der Waals surface area contributed by atoms with E-state index in [-0.39, 0.29) is 6.04 Å². The minimum atomic E-state index is 0.00147. The zero-order valence-electron chi connectivity index (χ0n) is 11.6. The van der Waals surface area contributed by atoms with E-state index in [1.165, 1.54) is 4.90 Å². The zero-order valence-corrected chi connectivity index (χ0v) is 13.2. The van der Waals surface area contributed by atoms with E-state index in [1.54, 1.807) is 18.9 Å². The summed E-state index contributed by atoms with van der Waals surface area (Å²) in [7, 11) is 1.67. The monoisotopic (exact) mass is 307 g/mol. The van der Waals surface area contributed by atoms with Gasteiger partial charge in [-0.15, -0.1) is 11.8 Å². The largest absolute Gasteiger partial charge is 0.497 e. The number of hydrogen-bond acceptors (Lipinski definition) is 3. The second kappa shape index (κ2) is 7.02. The topological polar surface area (TPSA) is 35.2 Å². The highest BCUT2D eigenvalue weighted by Crippen LogP contribution is 2.27. The number of ether oxygens (including phenoxy) is 1. The van der Waals surface area contributed by atoms with Crippen molar-refractivity contribution in [2.45, 2.75) is 17.9 Å². The van der Waals surface area contributed by atoms with Crippen molar-refractivity contribution < 1.29 is 4.74 Å². The zero-order chi connectivity index (χ0) is 14.5. The smallest absolute Gasteiger partial charge is 0.119 e. The fourth-order valence-electron chi connectivity index (χ4n) is 2.00. The van der Waals surface area contributed by atoms with Gasteiger partial charge in [-0.05, 0) is 54.4 Å². The highest BCUT2D eigenvalue weighted by atomic mass is 35.5. The van der Waals surface area contributed by atoms with E-state index >= 15 is 0 Å². The Morgan fingerprint density at radius 3 is 2.50 bits per heavy atom. The summed E-state index contributed by atoms with van der Waals surface area (Å²) in [5, 5.41) is 0.754. The van der Waals surface area contributed by atoms with E-state index in [2.05, 4.69) is 6.92 Å². The quantitative estimate of drug-likeness (QED) is 0.829. The van der Waals surface area contributed by atoms with E-state index in [1.807, 2.05) is 42.5 Å². The van der Waals surface area contributed by atoms with Gasteiger partial charge in [0.25, 0.3) is 0 Å². The molecule has 2 rings (SSSR count). The number of methoxy groups -OCH3 is 1. The van der Waals surface area contributed by atoms with Gasteiger partial charge in [-0.1, -0.05) is 17.7 Å². The van der Waals surface area contributed by atoms with E-state index < -0.39 is 0 Å². The van der Waals surface area contributed by atoms with Crippen LogP contribution < -0.4 is 10.5 Å². The molecule has 2 nitrogen and oxygen atoms in total. The molecule has 20 heavy (non-hydrogen) atoms. The predicted octanol–water partition coefficient (Wildman–Crippen LogP) is 4.45. The van der Waals surface area contributed by atoms with Crippen LogP contribution in [0.2, 0.25) is 5.02 Å². The van der Waals surface area contributed by atoms with Gasteiger partial charge in [-0.2, -0.15) is 0 Å². The molecule has 1 atom stereocenters. The Hall–Kier alpha value is -1.16. The minimum Gasteiger partial charge on any atom is -0.497 e. The lowest BCUT2D eigenvalue weighted by atomic mass is 10.0. The van der Waals surface area contributed by atoms with Crippen molar-refractivity contribution in [3.05, 3.63) is 58.6 Å². The second-order valence-corrected chi connectivity index (χ2v) is 6.12. The van der Waals surface area contributed by atoms with Crippen molar-refractivity contribution in [2.75, 3.05) is 12.9 Å². The highest BCUT2D eigenvalue weighted by Gasteiger charge is 2.10. The van der Waals surface area contributed by atoms with Crippen molar-refractivity contribution in [1.29, 1.82) is 0 Å². The number of halogens is 1. The maximum atomic E-state index is 6.28. The number of thioether (sulfide) groups is 1. The molecule has 0 aliphatic carbocycles. The summed E-state index contributed by atoms with van der Waals surface area (Å²) in [5.74, 6) is 1.69. The van der Waals surface area contributed by atoms with Gasteiger partial charge in [-0.25, -0.2) is 0 Å². The van der Waals surface area contributed by atoms with Gasteiger partial charge in [0.1, 0.15) is 5.75 Å². The lowest BCUT2D eigenvalue weighted by molar-refractivity contribution is 0.414. The van der Waals surface area contributed by atoms with Gasteiger partial charge in [0.2, 0.25) is 0 Å². The molecule has 4 heteroatoms. The van der Waals surface area contributed by atoms with E-state index in [4.69, 9.17) is 22.1 Å². The molecule has 2 aromatic carbocycles. The second-order valence-electron chi connectivity index (χ2n) is 4.59. The number of nitrogens with two attached hydrogens (primary N) is 1. The molecule has 106 valence electrons. The fourth-order valence-corrected chi connectivity index (χ4v) is 3.00. The van der Waals surface area contributed by atoms with Gasteiger partial charge < -0.3 is 10.5 Å². The number of hydrogen-bond donors (Lipinski definition) is 1. The third-order valence-electron chi connectivity index (χ3n) is 3.12. The maximum Gasteiger partial charge on any atom is 0.119 e. The minimum absolute atomic E-state index is 0.00147. The third kappa shape index (κ3) is 3.92. The first-order valence-electron chi connectivity index (χ1n) is 6.38. The number of rotatable bonds is 5. The van der Waals surface area contributed by atoms with Gasteiger partial charge in [-0.3, -0.25) is 0 Å². The van der Waals surface area contributed by atoms with Gasteiger partial charge >= 0.3 is 0 Å². The van der Waals surface area contributed by atoms with Crippen LogP contribution in [0, 0.1) is 6.92 Å². The molecule has 0 aromatic heterocycles. The van der Waals surface area contributed by atoms with Crippen molar-refractivity contribution in [3.8, 4) is 5.75 Å². The summed E-state index contributed by atoms with van der Waals surface area (Å²) in [6.45, 7) is 2.06.